The van der Waals surface area contributed by atoms with Crippen LogP contribution in [-0.4, -0.2) is 21.2 Å². The van der Waals surface area contributed by atoms with Crippen molar-refractivity contribution in [3.05, 3.63) is 11.2 Å². The van der Waals surface area contributed by atoms with Crippen molar-refractivity contribution in [2.24, 2.45) is 0 Å². The predicted molar refractivity (Wildman–Crippen MR) is 78.4 cm³/mol. The summed E-state index contributed by atoms with van der Waals surface area (Å²) in [5.74, 6) is 0. The van der Waals surface area contributed by atoms with E-state index in [9.17, 15) is 0 Å². The average Bonchev–Trinajstić information content (AvgIpc) is 2.98. The lowest BCUT2D eigenvalue weighted by Crippen LogP contribution is -2.12. The Balaban J connectivity index is 2.16. The lowest BCUT2D eigenvalue weighted by molar-refractivity contribution is 0.760. The van der Waals surface area contributed by atoms with Crippen molar-refractivity contribution in [2.75, 3.05) is 5.32 Å². The van der Waals surface area contributed by atoms with Gasteiger partial charge in [0.2, 0.25) is 5.13 Å². The van der Waals surface area contributed by atoms with Crippen molar-refractivity contribution >= 4 is 27.8 Å². The minimum atomic E-state index is 0.433. The SMILES string of the molecule is CCCc1ncsc1-c1nnc(NC(C)CC)s1. The summed E-state index contributed by atoms with van der Waals surface area (Å²) in [5.41, 5.74) is 3.04. The molecule has 0 radical (unpaired) electrons. The first-order chi connectivity index (χ1) is 8.74. The second-order valence-corrected chi connectivity index (χ2v) is 6.08. The van der Waals surface area contributed by atoms with Crippen LogP contribution in [0.15, 0.2) is 5.51 Å². The first kappa shape index (κ1) is 13.4. The zero-order valence-electron chi connectivity index (χ0n) is 10.9. The maximum atomic E-state index is 4.41. The maximum absolute atomic E-state index is 4.41. The second kappa shape index (κ2) is 6.24. The van der Waals surface area contributed by atoms with Crippen LogP contribution in [0.5, 0.6) is 0 Å². The number of thiazole rings is 1. The molecule has 0 saturated heterocycles. The first-order valence-electron chi connectivity index (χ1n) is 6.27. The van der Waals surface area contributed by atoms with Crippen LogP contribution in [0.2, 0.25) is 0 Å². The number of aromatic nitrogens is 3. The summed E-state index contributed by atoms with van der Waals surface area (Å²) < 4.78 is 0. The number of nitrogens with one attached hydrogen (secondary N) is 1. The van der Waals surface area contributed by atoms with Gasteiger partial charge in [0.15, 0.2) is 5.01 Å². The number of nitrogens with zero attached hydrogens (tertiary/aromatic N) is 3. The number of hydrogen-bond acceptors (Lipinski definition) is 6. The lowest BCUT2D eigenvalue weighted by Gasteiger charge is -2.07. The van der Waals surface area contributed by atoms with Crippen molar-refractivity contribution in [1.29, 1.82) is 0 Å². The molecule has 0 bridgehead atoms. The molecule has 2 aromatic rings. The molecule has 0 amide bonds. The largest absolute Gasteiger partial charge is 0.358 e. The van der Waals surface area contributed by atoms with E-state index in [-0.39, 0.29) is 0 Å². The summed E-state index contributed by atoms with van der Waals surface area (Å²) in [6, 6.07) is 0.433. The van der Waals surface area contributed by atoms with Crippen molar-refractivity contribution in [1.82, 2.24) is 15.2 Å². The van der Waals surface area contributed by atoms with E-state index in [1.165, 1.54) is 4.88 Å². The van der Waals surface area contributed by atoms with E-state index in [2.05, 4.69) is 41.3 Å². The van der Waals surface area contributed by atoms with Crippen LogP contribution in [0, 0.1) is 0 Å². The molecule has 2 rings (SSSR count). The van der Waals surface area contributed by atoms with Crippen LogP contribution in [0.4, 0.5) is 5.13 Å². The van der Waals surface area contributed by atoms with Gasteiger partial charge in [0.1, 0.15) is 0 Å². The second-order valence-electron chi connectivity index (χ2n) is 4.24. The Hall–Kier alpha value is -1.01. The highest BCUT2D eigenvalue weighted by molar-refractivity contribution is 7.22. The van der Waals surface area contributed by atoms with E-state index in [0.29, 0.717) is 6.04 Å². The van der Waals surface area contributed by atoms with Crippen LogP contribution >= 0.6 is 22.7 Å². The fourth-order valence-electron chi connectivity index (χ4n) is 1.54. The van der Waals surface area contributed by atoms with Crippen LogP contribution in [0.1, 0.15) is 39.3 Å². The number of anilines is 1. The first-order valence-corrected chi connectivity index (χ1v) is 7.97. The highest BCUT2D eigenvalue weighted by atomic mass is 32.1. The van der Waals surface area contributed by atoms with E-state index >= 15 is 0 Å². The molecule has 1 N–H and O–H groups in total. The molecule has 1 atom stereocenters. The monoisotopic (exact) mass is 282 g/mol. The Morgan fingerprint density at radius 3 is 2.89 bits per heavy atom. The molecule has 0 aliphatic carbocycles. The smallest absolute Gasteiger partial charge is 0.206 e. The highest BCUT2D eigenvalue weighted by Gasteiger charge is 2.14. The summed E-state index contributed by atoms with van der Waals surface area (Å²) >= 11 is 3.26. The molecule has 18 heavy (non-hydrogen) atoms. The fourth-order valence-corrected chi connectivity index (χ4v) is 3.35. The maximum Gasteiger partial charge on any atom is 0.206 e. The molecule has 0 saturated carbocycles. The number of rotatable bonds is 6. The van der Waals surface area contributed by atoms with Gasteiger partial charge in [0, 0.05) is 6.04 Å². The van der Waals surface area contributed by atoms with E-state index < -0.39 is 0 Å². The summed E-state index contributed by atoms with van der Waals surface area (Å²) in [5, 5.41) is 13.7. The molecule has 4 nitrogen and oxygen atoms in total. The van der Waals surface area contributed by atoms with Gasteiger partial charge in [-0.25, -0.2) is 4.98 Å². The Morgan fingerprint density at radius 2 is 2.17 bits per heavy atom. The van der Waals surface area contributed by atoms with Crippen LogP contribution in [0.25, 0.3) is 9.88 Å². The normalized spacial score (nSPS) is 12.6. The molecule has 0 aliphatic rings. The van der Waals surface area contributed by atoms with Gasteiger partial charge in [-0.1, -0.05) is 31.6 Å². The Kier molecular flexibility index (Phi) is 4.66. The van der Waals surface area contributed by atoms with Crippen molar-refractivity contribution in [2.45, 2.75) is 46.1 Å². The summed E-state index contributed by atoms with van der Waals surface area (Å²) in [4.78, 5) is 5.58. The third-order valence-electron chi connectivity index (χ3n) is 2.73. The van der Waals surface area contributed by atoms with Gasteiger partial charge >= 0.3 is 0 Å². The molecule has 0 aliphatic heterocycles. The standard InChI is InChI=1S/C12H18N4S2/c1-4-6-9-10(17-7-13-9)11-15-16-12(18-11)14-8(3)5-2/h7-8H,4-6H2,1-3H3,(H,14,16). The molecule has 6 heteroatoms. The molecule has 2 heterocycles. The average molecular weight is 282 g/mol. The van der Waals surface area contributed by atoms with Gasteiger partial charge in [0.25, 0.3) is 0 Å². The van der Waals surface area contributed by atoms with Crippen molar-refractivity contribution in [3.8, 4) is 9.88 Å². The van der Waals surface area contributed by atoms with Gasteiger partial charge in [-0.2, -0.15) is 0 Å². The molecule has 98 valence electrons. The number of aryl methyl sites for hydroxylation is 1. The third-order valence-corrected chi connectivity index (χ3v) is 4.61. The van der Waals surface area contributed by atoms with Crippen LogP contribution in [-0.2, 0) is 6.42 Å². The zero-order valence-corrected chi connectivity index (χ0v) is 12.6. The molecule has 2 aromatic heterocycles. The lowest BCUT2D eigenvalue weighted by atomic mass is 10.2. The van der Waals surface area contributed by atoms with Gasteiger partial charge in [-0.05, 0) is 19.8 Å². The zero-order chi connectivity index (χ0) is 13.0. The Labute approximate surface area is 116 Å². The summed E-state index contributed by atoms with van der Waals surface area (Å²) in [7, 11) is 0. The van der Waals surface area contributed by atoms with E-state index in [1.54, 1.807) is 22.7 Å². The fraction of sp³-hybridized carbons (Fsp3) is 0.583. The van der Waals surface area contributed by atoms with Gasteiger partial charge in [-0.3, -0.25) is 0 Å². The quantitative estimate of drug-likeness (QED) is 0.875. The van der Waals surface area contributed by atoms with Gasteiger partial charge in [0.05, 0.1) is 16.1 Å². The summed E-state index contributed by atoms with van der Waals surface area (Å²) in [6.45, 7) is 6.47. The molecular formula is C12H18N4S2. The molecule has 0 aromatic carbocycles. The Bertz CT molecular complexity index is 492. The minimum Gasteiger partial charge on any atom is -0.358 e. The van der Waals surface area contributed by atoms with Crippen LogP contribution in [0.3, 0.4) is 0 Å². The Morgan fingerprint density at radius 1 is 1.33 bits per heavy atom. The molecule has 0 fully saturated rings. The third kappa shape index (κ3) is 3.05. The van der Waals surface area contributed by atoms with Gasteiger partial charge in [-0.15, -0.1) is 21.5 Å². The van der Waals surface area contributed by atoms with Gasteiger partial charge < -0.3 is 5.32 Å². The molecule has 0 spiro atoms. The minimum absolute atomic E-state index is 0.433. The van der Waals surface area contributed by atoms with Crippen molar-refractivity contribution < 1.29 is 0 Å². The summed E-state index contributed by atoms with van der Waals surface area (Å²) in [6.07, 6.45) is 3.19. The number of hydrogen-bond donors (Lipinski definition) is 1. The topological polar surface area (TPSA) is 50.7 Å². The molecular weight excluding hydrogens is 264 g/mol. The van der Waals surface area contributed by atoms with Crippen molar-refractivity contribution in [3.63, 3.8) is 0 Å². The molecule has 1 unspecified atom stereocenters. The highest BCUT2D eigenvalue weighted by Crippen LogP contribution is 2.32. The predicted octanol–water partition coefficient (Wildman–Crippen LogP) is 3.82. The van der Waals surface area contributed by atoms with Crippen LogP contribution < -0.4 is 5.32 Å². The van der Waals surface area contributed by atoms with E-state index in [1.807, 2.05) is 5.51 Å². The van der Waals surface area contributed by atoms with E-state index in [0.717, 1.165) is 35.1 Å². The van der Waals surface area contributed by atoms with E-state index in [4.69, 9.17) is 0 Å².